The van der Waals surface area contributed by atoms with Crippen LogP contribution in [-0.2, 0) is 19.1 Å². The lowest BCUT2D eigenvalue weighted by Gasteiger charge is -2.62. The Morgan fingerprint density at radius 3 is 2.80 bits per heavy atom. The monoisotopic (exact) mass is 483 g/mol. The molecule has 0 bridgehead atoms. The number of aliphatic hydroxyl groups excluding tert-OH is 2. The zero-order chi connectivity index (χ0) is 24.8. The van der Waals surface area contributed by atoms with E-state index in [2.05, 4.69) is 4.98 Å². The second-order valence-corrected chi connectivity index (χ2v) is 11.1. The standard InChI is InChI=1S/C27H30FNO6/c1-24-9-8-16(31)11-15(24)6-7-17-18-12-22-27(21(33)14-30,25(18,2)13-20(32)26(17,24)28)35-23(34-22)19-5-3-4-10-29-19/h3-6,8-10,17-18,20,22-23,30,32H,7,11-14H2,1-2H3/t17-,18-,20-,22+,23?,24-,25-,26-,27+/m0/s1. The normalized spacial score (nSPS) is 48.0. The molecule has 8 heteroatoms. The lowest BCUT2D eigenvalue weighted by atomic mass is 9.45. The van der Waals surface area contributed by atoms with Crippen molar-refractivity contribution in [3.63, 3.8) is 0 Å². The van der Waals surface area contributed by atoms with Crippen molar-refractivity contribution in [2.75, 3.05) is 6.61 Å². The van der Waals surface area contributed by atoms with Crippen molar-refractivity contribution in [2.24, 2.45) is 22.7 Å². The minimum atomic E-state index is -2.01. The number of halogens is 1. The van der Waals surface area contributed by atoms with E-state index < -0.39 is 58.9 Å². The number of nitrogens with zero attached hydrogens (tertiary/aromatic N) is 1. The molecule has 1 aromatic rings. The highest BCUT2D eigenvalue weighted by atomic mass is 19.1. The van der Waals surface area contributed by atoms with E-state index in [1.165, 1.54) is 6.08 Å². The molecule has 1 unspecified atom stereocenters. The third kappa shape index (κ3) is 2.66. The molecule has 0 amide bonds. The second kappa shape index (κ2) is 7.38. The summed E-state index contributed by atoms with van der Waals surface area (Å²) in [7, 11) is 0. The van der Waals surface area contributed by atoms with Gasteiger partial charge in [-0.15, -0.1) is 0 Å². The van der Waals surface area contributed by atoms with Crippen molar-refractivity contribution in [1.29, 1.82) is 0 Å². The summed E-state index contributed by atoms with van der Waals surface area (Å²) in [5.74, 6) is -1.55. The number of hydrogen-bond acceptors (Lipinski definition) is 7. The van der Waals surface area contributed by atoms with E-state index in [1.807, 2.05) is 13.0 Å². The fraction of sp³-hybridized carbons (Fsp3) is 0.593. The van der Waals surface area contributed by atoms with Crippen molar-refractivity contribution in [1.82, 2.24) is 4.98 Å². The molecule has 186 valence electrons. The van der Waals surface area contributed by atoms with Crippen LogP contribution in [0.2, 0.25) is 0 Å². The maximum absolute atomic E-state index is 17.3. The largest absolute Gasteiger partial charge is 0.390 e. The zero-order valence-electron chi connectivity index (χ0n) is 19.8. The Hall–Kier alpha value is -2.26. The molecule has 0 aromatic carbocycles. The van der Waals surface area contributed by atoms with Crippen molar-refractivity contribution < 1.29 is 33.7 Å². The third-order valence-corrected chi connectivity index (χ3v) is 9.83. The first kappa shape index (κ1) is 23.2. The Morgan fingerprint density at radius 2 is 2.09 bits per heavy atom. The third-order valence-electron chi connectivity index (χ3n) is 9.83. The molecular weight excluding hydrogens is 453 g/mol. The lowest BCUT2D eigenvalue weighted by Crippen LogP contribution is -2.69. The number of Topliss-reactive ketones (excluding diaryl/α,β-unsaturated/α-hetero) is 1. The van der Waals surface area contributed by atoms with Crippen molar-refractivity contribution >= 4 is 11.6 Å². The Balaban J connectivity index is 1.44. The lowest BCUT2D eigenvalue weighted by molar-refractivity contribution is -0.228. The predicted molar refractivity (Wildman–Crippen MR) is 121 cm³/mol. The van der Waals surface area contributed by atoms with Gasteiger partial charge in [0.15, 0.2) is 22.8 Å². The number of carbonyl (C=O) groups excluding carboxylic acids is 2. The van der Waals surface area contributed by atoms with Crippen LogP contribution in [0.5, 0.6) is 0 Å². The maximum atomic E-state index is 17.3. The van der Waals surface area contributed by atoms with Gasteiger partial charge in [-0.1, -0.05) is 30.7 Å². The molecule has 1 saturated heterocycles. The van der Waals surface area contributed by atoms with E-state index in [0.717, 1.165) is 0 Å². The van der Waals surface area contributed by atoms with E-state index in [9.17, 15) is 19.8 Å². The molecule has 1 aliphatic heterocycles. The summed E-state index contributed by atoms with van der Waals surface area (Å²) < 4.78 is 30.0. The van der Waals surface area contributed by atoms with Gasteiger partial charge in [0.05, 0.1) is 17.9 Å². The fourth-order valence-electron chi connectivity index (χ4n) is 8.13. The summed E-state index contributed by atoms with van der Waals surface area (Å²) in [5.41, 5.74) is -4.42. The number of carbonyl (C=O) groups is 2. The molecule has 0 spiro atoms. The molecule has 1 aromatic heterocycles. The van der Waals surface area contributed by atoms with Crippen molar-refractivity contribution in [3.8, 4) is 0 Å². The van der Waals surface area contributed by atoms with Crippen LogP contribution < -0.4 is 0 Å². The highest BCUT2D eigenvalue weighted by Gasteiger charge is 2.79. The summed E-state index contributed by atoms with van der Waals surface area (Å²) in [4.78, 5) is 29.8. The van der Waals surface area contributed by atoms with Gasteiger partial charge in [-0.05, 0) is 50.3 Å². The molecule has 6 rings (SSSR count). The Labute approximate surface area is 203 Å². The summed E-state index contributed by atoms with van der Waals surface area (Å²) >= 11 is 0. The van der Waals surface area contributed by atoms with Crippen LogP contribution in [0.15, 0.2) is 48.2 Å². The van der Waals surface area contributed by atoms with Gasteiger partial charge in [-0.25, -0.2) is 4.39 Å². The van der Waals surface area contributed by atoms with Gasteiger partial charge in [0.2, 0.25) is 6.29 Å². The van der Waals surface area contributed by atoms with Crippen LogP contribution in [0, 0.1) is 22.7 Å². The van der Waals surface area contributed by atoms with Crippen LogP contribution >= 0.6 is 0 Å². The Kier molecular flexibility index (Phi) is 4.88. The number of allylic oxidation sites excluding steroid dienone is 4. The number of ether oxygens (including phenoxy) is 2. The van der Waals surface area contributed by atoms with E-state index in [1.54, 1.807) is 37.4 Å². The first-order chi connectivity index (χ1) is 16.6. The molecule has 7 nitrogen and oxygen atoms in total. The van der Waals surface area contributed by atoms with Gasteiger partial charge in [-0.2, -0.15) is 0 Å². The van der Waals surface area contributed by atoms with Crippen LogP contribution in [0.3, 0.4) is 0 Å². The number of pyridine rings is 1. The Morgan fingerprint density at radius 1 is 1.29 bits per heavy atom. The summed E-state index contributed by atoms with van der Waals surface area (Å²) in [6.07, 6.45) is 4.39. The Bertz CT molecular complexity index is 1150. The van der Waals surface area contributed by atoms with E-state index >= 15 is 4.39 Å². The van der Waals surface area contributed by atoms with Gasteiger partial charge in [0, 0.05) is 29.4 Å². The van der Waals surface area contributed by atoms with Gasteiger partial charge in [0.25, 0.3) is 0 Å². The van der Waals surface area contributed by atoms with Crippen molar-refractivity contribution in [3.05, 3.63) is 53.9 Å². The van der Waals surface area contributed by atoms with Gasteiger partial charge in [0.1, 0.15) is 6.61 Å². The zero-order valence-corrected chi connectivity index (χ0v) is 19.8. The van der Waals surface area contributed by atoms with Crippen LogP contribution in [0.4, 0.5) is 4.39 Å². The van der Waals surface area contributed by atoms with Crippen molar-refractivity contribution in [2.45, 2.75) is 69.3 Å². The van der Waals surface area contributed by atoms with Crippen LogP contribution in [0.25, 0.3) is 0 Å². The number of aliphatic hydroxyl groups is 2. The quantitative estimate of drug-likeness (QED) is 0.637. The molecule has 3 fully saturated rings. The number of rotatable bonds is 3. The number of alkyl halides is 1. The molecule has 4 aliphatic carbocycles. The molecule has 5 aliphatic rings. The number of fused-ring (bicyclic) bond motifs is 7. The molecule has 0 radical (unpaired) electrons. The minimum absolute atomic E-state index is 0.0319. The topological polar surface area (TPSA) is 106 Å². The fourth-order valence-corrected chi connectivity index (χ4v) is 8.13. The van der Waals surface area contributed by atoms with Gasteiger partial charge in [-0.3, -0.25) is 14.6 Å². The van der Waals surface area contributed by atoms with E-state index in [0.29, 0.717) is 24.1 Å². The average molecular weight is 484 g/mol. The number of ketones is 2. The smallest absolute Gasteiger partial charge is 0.202 e. The highest BCUT2D eigenvalue weighted by Crippen LogP contribution is 2.72. The summed E-state index contributed by atoms with van der Waals surface area (Å²) in [6.45, 7) is 2.87. The summed E-state index contributed by atoms with van der Waals surface area (Å²) in [6, 6.07) is 5.31. The van der Waals surface area contributed by atoms with Crippen LogP contribution in [0.1, 0.15) is 51.5 Å². The first-order valence-corrected chi connectivity index (χ1v) is 12.3. The van der Waals surface area contributed by atoms with Crippen LogP contribution in [-0.4, -0.2) is 56.8 Å². The SMILES string of the molecule is C[C@]12C=CC(=O)CC1=CC[C@H]1[C@@H]3C[C@H]4OC(c5ccccn5)O[C@@]4(C(=O)CO)[C@@]3(C)C[C@H](O)[C@@]12F. The minimum Gasteiger partial charge on any atom is -0.390 e. The van der Waals surface area contributed by atoms with Gasteiger partial charge >= 0.3 is 0 Å². The number of hydrogen-bond donors (Lipinski definition) is 2. The average Bonchev–Trinajstić information content (AvgIpc) is 3.34. The summed E-state index contributed by atoms with van der Waals surface area (Å²) in [5, 5.41) is 21.5. The first-order valence-electron chi connectivity index (χ1n) is 12.3. The number of aromatic nitrogens is 1. The molecule has 2 heterocycles. The molecule has 35 heavy (non-hydrogen) atoms. The van der Waals surface area contributed by atoms with E-state index in [-0.39, 0.29) is 24.5 Å². The second-order valence-electron chi connectivity index (χ2n) is 11.1. The highest BCUT2D eigenvalue weighted by molar-refractivity contribution is 5.94. The maximum Gasteiger partial charge on any atom is 0.202 e. The predicted octanol–water partition coefficient (Wildman–Crippen LogP) is 2.78. The molecule has 9 atom stereocenters. The van der Waals surface area contributed by atoms with E-state index in [4.69, 9.17) is 9.47 Å². The molecule has 2 N–H and O–H groups in total. The molecule has 2 saturated carbocycles. The molecular formula is C27H30FNO6. The van der Waals surface area contributed by atoms with Gasteiger partial charge < -0.3 is 19.7 Å².